The molecule has 1 aliphatic rings. The van der Waals surface area contributed by atoms with Gasteiger partial charge in [0.1, 0.15) is 11.8 Å². The lowest BCUT2D eigenvalue weighted by atomic mass is 9.82. The Morgan fingerprint density at radius 3 is 2.73 bits per heavy atom. The number of hydrogen-bond donors (Lipinski definition) is 4. The molecular weight excluding hydrogens is 454 g/mol. The van der Waals surface area contributed by atoms with E-state index < -0.39 is 12.2 Å². The number of anilines is 2. The Bertz CT molecular complexity index is 955. The summed E-state index contributed by atoms with van der Waals surface area (Å²) in [6, 6.07) is -0.310. The van der Waals surface area contributed by atoms with Crippen molar-refractivity contribution in [3.63, 3.8) is 0 Å². The maximum atomic E-state index is 12.4. The van der Waals surface area contributed by atoms with Crippen molar-refractivity contribution >= 4 is 50.3 Å². The number of pyridine rings is 1. The zero-order chi connectivity index (χ0) is 22.2. The topological polar surface area (TPSA) is 120 Å². The Morgan fingerprint density at radius 2 is 2.13 bits per heavy atom. The van der Waals surface area contributed by atoms with Gasteiger partial charge in [-0.2, -0.15) is 0 Å². The van der Waals surface area contributed by atoms with Gasteiger partial charge in [-0.1, -0.05) is 20.8 Å². The minimum absolute atomic E-state index is 0.0909. The third kappa shape index (κ3) is 4.24. The van der Waals surface area contributed by atoms with Crippen molar-refractivity contribution in [1.29, 1.82) is 0 Å². The number of aromatic nitrogens is 2. The highest BCUT2D eigenvalue weighted by Crippen LogP contribution is 2.44. The van der Waals surface area contributed by atoms with Crippen LogP contribution in [-0.2, 0) is 9.53 Å². The van der Waals surface area contributed by atoms with Crippen molar-refractivity contribution in [2.24, 2.45) is 5.41 Å². The van der Waals surface area contributed by atoms with Crippen LogP contribution in [0.5, 0.6) is 0 Å². The predicted molar refractivity (Wildman–Crippen MR) is 119 cm³/mol. The number of fused-ring (bicyclic) bond motifs is 1. The lowest BCUT2D eigenvalue weighted by molar-refractivity contribution is -0.124. The van der Waals surface area contributed by atoms with E-state index in [1.807, 2.05) is 0 Å². The molecule has 0 saturated carbocycles. The molecule has 0 aromatic carbocycles. The first-order chi connectivity index (χ1) is 14.0. The first-order valence-electron chi connectivity index (χ1n) is 9.80. The number of methoxy groups -OCH3 is 1. The first-order valence-corrected chi connectivity index (χ1v) is 10.6. The van der Waals surface area contributed by atoms with Crippen LogP contribution < -0.4 is 15.5 Å². The van der Waals surface area contributed by atoms with E-state index in [9.17, 15) is 14.7 Å². The third-order valence-corrected chi connectivity index (χ3v) is 6.07. The maximum Gasteiger partial charge on any atom is 0.404 e. The van der Waals surface area contributed by atoms with Gasteiger partial charge < -0.3 is 30.4 Å². The number of ether oxygens (including phenoxy) is 1. The van der Waals surface area contributed by atoms with Gasteiger partial charge in [0.05, 0.1) is 33.3 Å². The van der Waals surface area contributed by atoms with E-state index in [1.165, 1.54) is 7.11 Å². The van der Waals surface area contributed by atoms with Gasteiger partial charge in [-0.3, -0.25) is 4.79 Å². The molecule has 164 valence electrons. The van der Waals surface area contributed by atoms with Gasteiger partial charge in [0, 0.05) is 26.0 Å². The monoisotopic (exact) mass is 481 g/mol. The molecule has 2 aromatic rings. The molecule has 3 atom stereocenters. The molecule has 1 saturated heterocycles. The minimum Gasteiger partial charge on any atom is -0.465 e. The van der Waals surface area contributed by atoms with Crippen LogP contribution in [0.15, 0.2) is 16.9 Å². The lowest BCUT2D eigenvalue weighted by Gasteiger charge is -2.40. The summed E-state index contributed by atoms with van der Waals surface area (Å²) in [5, 5.41) is 15.7. The molecule has 2 amide bonds. The van der Waals surface area contributed by atoms with E-state index in [2.05, 4.69) is 62.2 Å². The summed E-state index contributed by atoms with van der Waals surface area (Å²) in [6.45, 7) is 8.63. The summed E-state index contributed by atoms with van der Waals surface area (Å²) in [7, 11) is 1.48. The average Bonchev–Trinajstić information content (AvgIpc) is 3.24. The van der Waals surface area contributed by atoms with Crippen molar-refractivity contribution in [2.45, 2.75) is 52.3 Å². The van der Waals surface area contributed by atoms with Gasteiger partial charge in [0.2, 0.25) is 0 Å². The number of amides is 2. The van der Waals surface area contributed by atoms with E-state index in [-0.39, 0.29) is 23.4 Å². The fourth-order valence-electron chi connectivity index (χ4n) is 4.20. The highest BCUT2D eigenvalue weighted by Gasteiger charge is 2.44. The number of H-pyrrole nitrogens is 1. The fraction of sp³-hybridized carbons (Fsp3) is 0.550. The molecular formula is C20H28BrN5O4. The van der Waals surface area contributed by atoms with Crippen LogP contribution in [0.1, 0.15) is 34.1 Å². The van der Waals surface area contributed by atoms with Crippen LogP contribution in [-0.4, -0.2) is 58.9 Å². The molecule has 1 fully saturated rings. The van der Waals surface area contributed by atoms with Crippen molar-refractivity contribution in [3.8, 4) is 0 Å². The summed E-state index contributed by atoms with van der Waals surface area (Å²) < 4.78 is 5.89. The lowest BCUT2D eigenvalue weighted by Crippen LogP contribution is -2.51. The Balaban J connectivity index is 2.10. The normalized spacial score (nSPS) is 20.4. The van der Waals surface area contributed by atoms with E-state index >= 15 is 0 Å². The summed E-state index contributed by atoms with van der Waals surface area (Å²) in [4.78, 5) is 33.6. The van der Waals surface area contributed by atoms with Gasteiger partial charge in [-0.25, -0.2) is 9.78 Å². The molecule has 1 aliphatic heterocycles. The number of carbonyl (C=O) groups is 2. The van der Waals surface area contributed by atoms with Gasteiger partial charge in [0.25, 0.3) is 5.91 Å². The predicted octanol–water partition coefficient (Wildman–Crippen LogP) is 3.56. The smallest absolute Gasteiger partial charge is 0.404 e. The number of halogens is 1. The van der Waals surface area contributed by atoms with Crippen LogP contribution >= 0.6 is 15.9 Å². The molecule has 3 heterocycles. The van der Waals surface area contributed by atoms with E-state index in [0.717, 1.165) is 15.5 Å². The maximum absolute atomic E-state index is 12.4. The summed E-state index contributed by atoms with van der Waals surface area (Å²) >= 11 is 3.63. The van der Waals surface area contributed by atoms with Gasteiger partial charge in [0.15, 0.2) is 0 Å². The zero-order valence-electron chi connectivity index (χ0n) is 17.7. The standard InChI is InChI=1S/C20H28BrN5O4/c1-10(30-5)18(27)24-13-9-23-17-14(13)15(11(21)8-22-17)26-7-6-12(25-19(28)29)16(26)20(2,3)4/h8-10,12,16,25H,6-7H2,1-5H3,(H,22,23)(H,24,27)(H,28,29). The van der Waals surface area contributed by atoms with Crippen LogP contribution in [0.25, 0.3) is 11.0 Å². The molecule has 0 bridgehead atoms. The van der Waals surface area contributed by atoms with Gasteiger partial charge >= 0.3 is 6.09 Å². The molecule has 10 heteroatoms. The third-order valence-electron chi connectivity index (χ3n) is 5.49. The van der Waals surface area contributed by atoms with E-state index in [1.54, 1.807) is 19.3 Å². The fourth-order valence-corrected chi connectivity index (χ4v) is 4.73. The quantitative estimate of drug-likeness (QED) is 0.518. The number of carbonyl (C=O) groups excluding carboxylic acids is 1. The van der Waals surface area contributed by atoms with Crippen LogP contribution in [0.3, 0.4) is 0 Å². The molecule has 0 aliphatic carbocycles. The van der Waals surface area contributed by atoms with Crippen LogP contribution in [0, 0.1) is 5.41 Å². The van der Waals surface area contributed by atoms with Crippen LogP contribution in [0.2, 0.25) is 0 Å². The molecule has 3 unspecified atom stereocenters. The second-order valence-electron chi connectivity index (χ2n) is 8.60. The molecule has 4 N–H and O–H groups in total. The van der Waals surface area contributed by atoms with Crippen molar-refractivity contribution in [1.82, 2.24) is 15.3 Å². The number of nitrogens with zero attached hydrogens (tertiary/aromatic N) is 2. The first kappa shape index (κ1) is 22.4. The van der Waals surface area contributed by atoms with E-state index in [4.69, 9.17) is 4.74 Å². The Morgan fingerprint density at radius 1 is 1.43 bits per heavy atom. The van der Waals surface area contributed by atoms with Crippen molar-refractivity contribution in [2.75, 3.05) is 23.9 Å². The van der Waals surface area contributed by atoms with Crippen LogP contribution in [0.4, 0.5) is 16.2 Å². The highest BCUT2D eigenvalue weighted by molar-refractivity contribution is 9.10. The summed E-state index contributed by atoms with van der Waals surface area (Å²) in [6.07, 6.45) is 2.48. The summed E-state index contributed by atoms with van der Waals surface area (Å²) in [5.41, 5.74) is 1.90. The zero-order valence-corrected chi connectivity index (χ0v) is 19.3. The summed E-state index contributed by atoms with van der Waals surface area (Å²) in [5.74, 6) is -0.261. The second-order valence-corrected chi connectivity index (χ2v) is 9.45. The largest absolute Gasteiger partial charge is 0.465 e. The molecule has 3 rings (SSSR count). The molecule has 30 heavy (non-hydrogen) atoms. The van der Waals surface area contributed by atoms with Gasteiger partial charge in [-0.15, -0.1) is 0 Å². The number of aromatic amines is 1. The molecule has 0 spiro atoms. The molecule has 0 radical (unpaired) electrons. The minimum atomic E-state index is -1.03. The Hall–Kier alpha value is -2.33. The van der Waals surface area contributed by atoms with Crippen molar-refractivity contribution < 1.29 is 19.4 Å². The average molecular weight is 482 g/mol. The number of hydrogen-bond acceptors (Lipinski definition) is 5. The Labute approximate surface area is 183 Å². The number of carboxylic acid groups (broad SMARTS) is 1. The highest BCUT2D eigenvalue weighted by atomic mass is 79.9. The SMILES string of the molecule is COC(C)C(=O)Nc1c[nH]c2ncc(Br)c(N3CCC(NC(=O)O)C3C(C)(C)C)c12. The van der Waals surface area contributed by atoms with Gasteiger partial charge in [-0.05, 0) is 34.7 Å². The number of rotatable bonds is 5. The molecule has 2 aromatic heterocycles. The number of nitrogens with one attached hydrogen (secondary N) is 3. The Kier molecular flexibility index (Phi) is 6.28. The van der Waals surface area contributed by atoms with Crippen molar-refractivity contribution in [3.05, 3.63) is 16.9 Å². The second kappa shape index (κ2) is 8.43. The molecule has 9 nitrogen and oxygen atoms in total. The van der Waals surface area contributed by atoms with E-state index in [0.29, 0.717) is 24.3 Å².